The number of para-hydroxylation sites is 1. The van der Waals surface area contributed by atoms with Gasteiger partial charge in [-0.25, -0.2) is 18.6 Å². The first-order valence-electron chi connectivity index (χ1n) is 6.70. The van der Waals surface area contributed by atoms with Crippen LogP contribution in [0.3, 0.4) is 0 Å². The molecule has 3 N–H and O–H groups in total. The van der Waals surface area contributed by atoms with E-state index in [0.29, 0.717) is 5.69 Å². The van der Waals surface area contributed by atoms with E-state index < -0.39 is 11.6 Å². The van der Waals surface area contributed by atoms with Gasteiger partial charge in [-0.2, -0.15) is 0 Å². The van der Waals surface area contributed by atoms with Crippen LogP contribution in [0.1, 0.15) is 13.8 Å². The fourth-order valence-electron chi connectivity index (χ4n) is 1.72. The van der Waals surface area contributed by atoms with Crippen molar-refractivity contribution in [2.75, 3.05) is 10.6 Å². The predicted octanol–water partition coefficient (Wildman–Crippen LogP) is 3.63. The zero-order chi connectivity index (χ0) is 16.1. The number of halogens is 2. The topological polar surface area (TPSA) is 66.1 Å². The number of pyridine rings is 1. The van der Waals surface area contributed by atoms with Gasteiger partial charge in [-0.15, -0.1) is 0 Å². The Morgan fingerprint density at radius 1 is 1.14 bits per heavy atom. The van der Waals surface area contributed by atoms with E-state index in [0.717, 1.165) is 12.1 Å². The summed E-state index contributed by atoms with van der Waals surface area (Å²) in [6.07, 6.45) is 1.39. The van der Waals surface area contributed by atoms with Gasteiger partial charge in [-0.1, -0.05) is 6.07 Å². The Kier molecular flexibility index (Phi) is 4.88. The van der Waals surface area contributed by atoms with E-state index in [1.54, 1.807) is 6.07 Å². The molecule has 2 aromatic rings. The summed E-state index contributed by atoms with van der Waals surface area (Å²) in [7, 11) is 0. The van der Waals surface area contributed by atoms with Gasteiger partial charge in [-0.3, -0.25) is 0 Å². The van der Waals surface area contributed by atoms with Crippen molar-refractivity contribution in [3.8, 4) is 0 Å². The van der Waals surface area contributed by atoms with Gasteiger partial charge in [0.1, 0.15) is 23.1 Å². The zero-order valence-corrected chi connectivity index (χ0v) is 12.2. The smallest absolute Gasteiger partial charge is 0.319 e. The van der Waals surface area contributed by atoms with Gasteiger partial charge in [0.25, 0.3) is 0 Å². The largest absolute Gasteiger partial charge is 0.336 e. The summed E-state index contributed by atoms with van der Waals surface area (Å²) in [6, 6.07) is 6.33. The number of urea groups is 1. The maximum atomic E-state index is 13.5. The molecule has 116 valence electrons. The Bertz CT molecular complexity index is 639. The van der Waals surface area contributed by atoms with E-state index in [-0.39, 0.29) is 23.6 Å². The van der Waals surface area contributed by atoms with Crippen molar-refractivity contribution in [1.29, 1.82) is 0 Å². The van der Waals surface area contributed by atoms with Crippen molar-refractivity contribution in [2.45, 2.75) is 19.9 Å². The standard InChI is InChI=1S/C15H16F2N4O/c1-9(2)19-15(22)20-10-6-7-13(18-8-10)21-14-11(16)4-3-5-12(14)17/h3-9H,1-2H3,(H,18,21)(H2,19,20,22). The highest BCUT2D eigenvalue weighted by atomic mass is 19.1. The van der Waals surface area contributed by atoms with Crippen LogP contribution >= 0.6 is 0 Å². The minimum absolute atomic E-state index is 0.0120. The van der Waals surface area contributed by atoms with Gasteiger partial charge >= 0.3 is 6.03 Å². The lowest BCUT2D eigenvalue weighted by Crippen LogP contribution is -2.34. The van der Waals surface area contributed by atoms with Crippen LogP contribution in [-0.4, -0.2) is 17.1 Å². The van der Waals surface area contributed by atoms with Crippen molar-refractivity contribution in [1.82, 2.24) is 10.3 Å². The molecule has 0 saturated heterocycles. The molecule has 2 rings (SSSR count). The number of rotatable bonds is 4. The Balaban J connectivity index is 2.05. The third kappa shape index (κ3) is 4.15. The molecule has 0 atom stereocenters. The maximum Gasteiger partial charge on any atom is 0.319 e. The van der Waals surface area contributed by atoms with Crippen molar-refractivity contribution in [3.05, 3.63) is 48.2 Å². The van der Waals surface area contributed by atoms with E-state index in [9.17, 15) is 13.6 Å². The molecule has 0 unspecified atom stereocenters. The number of nitrogens with zero attached hydrogens (tertiary/aromatic N) is 1. The van der Waals surface area contributed by atoms with Crippen molar-refractivity contribution in [3.63, 3.8) is 0 Å². The molecule has 0 bridgehead atoms. The average Bonchev–Trinajstić information content (AvgIpc) is 2.44. The Labute approximate surface area is 126 Å². The lowest BCUT2D eigenvalue weighted by atomic mass is 10.3. The van der Waals surface area contributed by atoms with Crippen LogP contribution in [0.4, 0.5) is 30.8 Å². The predicted molar refractivity (Wildman–Crippen MR) is 81.2 cm³/mol. The fourth-order valence-corrected chi connectivity index (χ4v) is 1.72. The molecule has 0 aliphatic rings. The first-order valence-corrected chi connectivity index (χ1v) is 6.70. The Hall–Kier alpha value is -2.70. The molecule has 22 heavy (non-hydrogen) atoms. The second-order valence-corrected chi connectivity index (χ2v) is 4.91. The van der Waals surface area contributed by atoms with Crippen LogP contribution in [0.5, 0.6) is 0 Å². The summed E-state index contributed by atoms with van der Waals surface area (Å²) >= 11 is 0. The summed E-state index contributed by atoms with van der Waals surface area (Å²) < 4.78 is 27.0. The first-order chi connectivity index (χ1) is 10.5. The average molecular weight is 306 g/mol. The highest BCUT2D eigenvalue weighted by molar-refractivity contribution is 5.89. The van der Waals surface area contributed by atoms with E-state index >= 15 is 0 Å². The molecule has 0 spiro atoms. The van der Waals surface area contributed by atoms with Crippen molar-refractivity contribution in [2.24, 2.45) is 0 Å². The second-order valence-electron chi connectivity index (χ2n) is 4.91. The highest BCUT2D eigenvalue weighted by Gasteiger charge is 2.09. The number of anilines is 3. The number of carbonyl (C=O) groups is 1. The molecule has 0 aliphatic heterocycles. The molecule has 0 fully saturated rings. The Morgan fingerprint density at radius 3 is 2.36 bits per heavy atom. The summed E-state index contributed by atoms with van der Waals surface area (Å²) in [5.41, 5.74) is 0.200. The van der Waals surface area contributed by atoms with Gasteiger partial charge in [-0.05, 0) is 38.1 Å². The van der Waals surface area contributed by atoms with Crippen LogP contribution in [0, 0.1) is 11.6 Å². The van der Waals surface area contributed by atoms with Gasteiger partial charge < -0.3 is 16.0 Å². The number of hydrogen-bond donors (Lipinski definition) is 3. The lowest BCUT2D eigenvalue weighted by molar-refractivity contribution is 0.250. The number of carbonyl (C=O) groups excluding carboxylic acids is 1. The third-order valence-electron chi connectivity index (χ3n) is 2.66. The van der Waals surface area contributed by atoms with Crippen LogP contribution in [0.25, 0.3) is 0 Å². The van der Waals surface area contributed by atoms with Crippen LogP contribution in [0.15, 0.2) is 36.5 Å². The fraction of sp³-hybridized carbons (Fsp3) is 0.200. The summed E-state index contributed by atoms with van der Waals surface area (Å²) in [6.45, 7) is 3.68. The molecule has 1 heterocycles. The minimum atomic E-state index is -0.708. The molecule has 0 aliphatic carbocycles. The van der Waals surface area contributed by atoms with Gasteiger partial charge in [0, 0.05) is 6.04 Å². The second kappa shape index (κ2) is 6.84. The van der Waals surface area contributed by atoms with E-state index in [2.05, 4.69) is 20.9 Å². The molecular formula is C15H16F2N4O. The highest BCUT2D eigenvalue weighted by Crippen LogP contribution is 2.22. The summed E-state index contributed by atoms with van der Waals surface area (Å²) in [5, 5.41) is 7.83. The molecule has 0 saturated carbocycles. The quantitative estimate of drug-likeness (QED) is 0.808. The van der Waals surface area contributed by atoms with Crippen LogP contribution in [0.2, 0.25) is 0 Å². The molecule has 1 aromatic carbocycles. The molecule has 0 radical (unpaired) electrons. The summed E-state index contributed by atoms with van der Waals surface area (Å²) in [4.78, 5) is 15.5. The van der Waals surface area contributed by atoms with Crippen LogP contribution < -0.4 is 16.0 Å². The third-order valence-corrected chi connectivity index (χ3v) is 2.66. The number of amides is 2. The maximum absolute atomic E-state index is 13.5. The van der Waals surface area contributed by atoms with Crippen molar-refractivity contribution < 1.29 is 13.6 Å². The van der Waals surface area contributed by atoms with E-state index in [4.69, 9.17) is 0 Å². The molecular weight excluding hydrogens is 290 g/mol. The lowest BCUT2D eigenvalue weighted by Gasteiger charge is -2.11. The first kappa shape index (κ1) is 15.7. The minimum Gasteiger partial charge on any atom is -0.336 e. The number of aromatic nitrogens is 1. The van der Waals surface area contributed by atoms with Crippen molar-refractivity contribution >= 4 is 23.2 Å². The Morgan fingerprint density at radius 2 is 1.82 bits per heavy atom. The van der Waals surface area contributed by atoms with Gasteiger partial charge in [0.2, 0.25) is 0 Å². The normalized spacial score (nSPS) is 10.4. The number of hydrogen-bond acceptors (Lipinski definition) is 3. The van der Waals surface area contributed by atoms with Gasteiger partial charge in [0.05, 0.1) is 11.9 Å². The molecule has 2 amide bonds. The number of benzene rings is 1. The van der Waals surface area contributed by atoms with E-state index in [1.165, 1.54) is 18.3 Å². The zero-order valence-electron chi connectivity index (χ0n) is 12.2. The van der Waals surface area contributed by atoms with Crippen LogP contribution in [-0.2, 0) is 0 Å². The monoisotopic (exact) mass is 306 g/mol. The van der Waals surface area contributed by atoms with E-state index in [1.807, 2.05) is 13.8 Å². The SMILES string of the molecule is CC(C)NC(=O)Nc1ccc(Nc2c(F)cccc2F)nc1. The number of nitrogens with one attached hydrogen (secondary N) is 3. The molecule has 1 aromatic heterocycles. The molecule has 7 heteroatoms. The summed E-state index contributed by atoms with van der Waals surface area (Å²) in [5.74, 6) is -1.15. The molecule has 5 nitrogen and oxygen atoms in total. The van der Waals surface area contributed by atoms with Gasteiger partial charge in [0.15, 0.2) is 0 Å².